The molecule has 0 radical (unpaired) electrons. The van der Waals surface area contributed by atoms with Crippen molar-refractivity contribution in [1.82, 2.24) is 4.89 Å². The van der Waals surface area contributed by atoms with Crippen LogP contribution < -0.4 is 9.62 Å². The predicted octanol–water partition coefficient (Wildman–Crippen LogP) is 1.58. The molecule has 0 unspecified atom stereocenters. The summed E-state index contributed by atoms with van der Waals surface area (Å²) in [6.45, 7) is 5.07. The van der Waals surface area contributed by atoms with E-state index in [0.717, 1.165) is 0 Å². The lowest BCUT2D eigenvalue weighted by Crippen LogP contribution is -2.25. The van der Waals surface area contributed by atoms with E-state index in [0.29, 0.717) is 25.6 Å². The summed E-state index contributed by atoms with van der Waals surface area (Å²) < 4.78 is 34.0. The summed E-state index contributed by atoms with van der Waals surface area (Å²) in [5.74, 6) is 0.832. The van der Waals surface area contributed by atoms with Gasteiger partial charge in [-0.2, -0.15) is 0 Å². The van der Waals surface area contributed by atoms with Gasteiger partial charge in [0, 0.05) is 7.11 Å². The summed E-state index contributed by atoms with van der Waals surface area (Å²) in [5.41, 5.74) is 0. The first-order chi connectivity index (χ1) is 9.45. The smallest absolute Gasteiger partial charge is 0.262 e. The van der Waals surface area contributed by atoms with Crippen molar-refractivity contribution in [2.75, 3.05) is 26.9 Å². The van der Waals surface area contributed by atoms with Crippen LogP contribution in [0.1, 0.15) is 13.8 Å². The fraction of sp³-hybridized carbons (Fsp3) is 0.538. The molecule has 0 amide bonds. The number of benzene rings is 1. The summed E-state index contributed by atoms with van der Waals surface area (Å²) in [5, 5.41) is 0. The van der Waals surface area contributed by atoms with Gasteiger partial charge in [-0.25, -0.2) is 8.42 Å². The van der Waals surface area contributed by atoms with Crippen LogP contribution >= 0.6 is 0 Å². The van der Waals surface area contributed by atoms with Gasteiger partial charge in [-0.15, -0.1) is 0 Å². The third-order valence-corrected chi connectivity index (χ3v) is 3.51. The lowest BCUT2D eigenvalue weighted by molar-refractivity contribution is 0.0718. The number of nitrogens with one attached hydrogen (secondary N) is 1. The quantitative estimate of drug-likeness (QED) is 0.554. The van der Waals surface area contributed by atoms with Gasteiger partial charge in [0.15, 0.2) is 0 Å². The number of methoxy groups -OCH3 is 1. The highest BCUT2D eigenvalue weighted by atomic mass is 32.2. The highest BCUT2D eigenvalue weighted by Crippen LogP contribution is 2.15. The molecule has 0 fully saturated rings. The molecule has 20 heavy (non-hydrogen) atoms. The molecule has 0 saturated carbocycles. The molecular formula is C13H21NO5S. The molecule has 0 atom stereocenters. The van der Waals surface area contributed by atoms with Gasteiger partial charge in [0.25, 0.3) is 10.0 Å². The summed E-state index contributed by atoms with van der Waals surface area (Å²) in [6.07, 6.45) is 0. The van der Waals surface area contributed by atoms with Crippen molar-refractivity contribution in [3.63, 3.8) is 0 Å². The molecule has 0 saturated heterocycles. The van der Waals surface area contributed by atoms with Crippen LogP contribution in [0.5, 0.6) is 5.75 Å². The minimum Gasteiger partial charge on any atom is -0.491 e. The zero-order chi connectivity index (χ0) is 15.0. The second-order valence-corrected chi connectivity index (χ2v) is 6.25. The van der Waals surface area contributed by atoms with Gasteiger partial charge in [0.05, 0.1) is 18.1 Å². The highest BCUT2D eigenvalue weighted by molar-refractivity contribution is 7.89. The van der Waals surface area contributed by atoms with Crippen molar-refractivity contribution < 1.29 is 22.7 Å². The molecule has 0 aliphatic heterocycles. The molecule has 114 valence electrons. The highest BCUT2D eigenvalue weighted by Gasteiger charge is 2.14. The zero-order valence-corrected chi connectivity index (χ0v) is 12.8. The number of rotatable bonds is 9. The Bertz CT molecular complexity index is 484. The van der Waals surface area contributed by atoms with E-state index in [2.05, 4.69) is 4.89 Å². The van der Waals surface area contributed by atoms with E-state index >= 15 is 0 Å². The molecule has 0 aliphatic carbocycles. The van der Waals surface area contributed by atoms with Gasteiger partial charge < -0.3 is 9.47 Å². The van der Waals surface area contributed by atoms with E-state index in [4.69, 9.17) is 14.3 Å². The fourth-order valence-corrected chi connectivity index (χ4v) is 2.10. The van der Waals surface area contributed by atoms with Gasteiger partial charge in [0.1, 0.15) is 12.4 Å². The van der Waals surface area contributed by atoms with E-state index in [9.17, 15) is 8.42 Å². The molecule has 0 aromatic heterocycles. The van der Waals surface area contributed by atoms with Gasteiger partial charge in [0.2, 0.25) is 0 Å². The third kappa shape index (κ3) is 5.87. The molecule has 6 nitrogen and oxygen atoms in total. The predicted molar refractivity (Wildman–Crippen MR) is 74.9 cm³/mol. The number of hydrogen-bond acceptors (Lipinski definition) is 5. The average molecular weight is 303 g/mol. The van der Waals surface area contributed by atoms with Gasteiger partial charge in [-0.05, 0) is 30.2 Å². The van der Waals surface area contributed by atoms with Crippen LogP contribution in [-0.2, 0) is 19.6 Å². The second kappa shape index (κ2) is 8.21. The normalized spacial score (nSPS) is 11.8. The molecule has 0 bridgehead atoms. The largest absolute Gasteiger partial charge is 0.491 e. The van der Waals surface area contributed by atoms with Crippen LogP contribution in [0.4, 0.5) is 0 Å². The lowest BCUT2D eigenvalue weighted by Gasteiger charge is -2.10. The summed E-state index contributed by atoms with van der Waals surface area (Å²) in [4.78, 5) is 7.15. The number of hydrogen-bond donors (Lipinski definition) is 1. The molecule has 1 N–H and O–H groups in total. The Kier molecular flexibility index (Phi) is 6.94. The Morgan fingerprint density at radius 3 is 2.35 bits per heavy atom. The Hall–Kier alpha value is -1.15. The van der Waals surface area contributed by atoms with Crippen LogP contribution in [-0.4, -0.2) is 35.3 Å². The minimum atomic E-state index is -3.65. The first-order valence-corrected chi connectivity index (χ1v) is 7.79. The van der Waals surface area contributed by atoms with Gasteiger partial charge >= 0.3 is 0 Å². The van der Waals surface area contributed by atoms with E-state index in [-0.39, 0.29) is 10.8 Å². The molecule has 7 heteroatoms. The average Bonchev–Trinajstić information content (AvgIpc) is 2.39. The topological polar surface area (TPSA) is 73.9 Å². The van der Waals surface area contributed by atoms with Crippen LogP contribution in [0, 0.1) is 5.92 Å². The van der Waals surface area contributed by atoms with Crippen molar-refractivity contribution >= 4 is 10.0 Å². The Morgan fingerprint density at radius 2 is 1.80 bits per heavy atom. The second-order valence-electron chi connectivity index (χ2n) is 4.60. The Morgan fingerprint density at radius 1 is 1.15 bits per heavy atom. The van der Waals surface area contributed by atoms with Crippen molar-refractivity contribution in [1.29, 1.82) is 0 Å². The first-order valence-electron chi connectivity index (χ1n) is 6.31. The van der Waals surface area contributed by atoms with E-state index in [1.54, 1.807) is 19.2 Å². The van der Waals surface area contributed by atoms with Crippen molar-refractivity contribution in [3.05, 3.63) is 24.3 Å². The van der Waals surface area contributed by atoms with Gasteiger partial charge in [-0.3, -0.25) is 4.84 Å². The zero-order valence-electron chi connectivity index (χ0n) is 12.0. The van der Waals surface area contributed by atoms with Crippen molar-refractivity contribution in [2.45, 2.75) is 18.7 Å². The van der Waals surface area contributed by atoms with Gasteiger partial charge in [-0.1, -0.05) is 18.7 Å². The van der Waals surface area contributed by atoms with E-state index in [1.807, 2.05) is 13.8 Å². The molecule has 1 aromatic rings. The van der Waals surface area contributed by atoms with E-state index in [1.165, 1.54) is 12.1 Å². The Balaban J connectivity index is 2.57. The Labute approximate surface area is 120 Å². The maximum absolute atomic E-state index is 11.9. The molecule has 0 heterocycles. The monoisotopic (exact) mass is 303 g/mol. The SMILES string of the molecule is COCCOc1ccc(S(=O)(=O)NOCC(C)C)cc1. The van der Waals surface area contributed by atoms with E-state index < -0.39 is 10.0 Å². The summed E-state index contributed by atoms with van der Waals surface area (Å²) in [6, 6.07) is 6.10. The summed E-state index contributed by atoms with van der Waals surface area (Å²) >= 11 is 0. The van der Waals surface area contributed by atoms with Crippen molar-refractivity contribution in [2.24, 2.45) is 5.92 Å². The minimum absolute atomic E-state index is 0.125. The molecule has 0 aliphatic rings. The maximum atomic E-state index is 11.9. The number of sulfonamides is 1. The first kappa shape index (κ1) is 16.9. The standard InChI is InChI=1S/C13H21NO5S/c1-11(2)10-19-14-20(15,16)13-6-4-12(5-7-13)18-9-8-17-3/h4-7,11,14H,8-10H2,1-3H3. The summed E-state index contributed by atoms with van der Waals surface area (Å²) in [7, 11) is -2.07. The maximum Gasteiger partial charge on any atom is 0.262 e. The van der Waals surface area contributed by atoms with Crippen molar-refractivity contribution in [3.8, 4) is 5.75 Å². The molecular weight excluding hydrogens is 282 g/mol. The molecule has 0 spiro atoms. The van der Waals surface area contributed by atoms with Crippen LogP contribution in [0.3, 0.4) is 0 Å². The lowest BCUT2D eigenvalue weighted by atomic mass is 10.2. The fourth-order valence-electron chi connectivity index (χ4n) is 1.28. The van der Waals surface area contributed by atoms with Crippen LogP contribution in [0.25, 0.3) is 0 Å². The number of ether oxygens (including phenoxy) is 2. The molecule has 1 aromatic carbocycles. The van der Waals surface area contributed by atoms with Crippen LogP contribution in [0.2, 0.25) is 0 Å². The third-order valence-electron chi connectivity index (χ3n) is 2.28. The molecule has 1 rings (SSSR count). The van der Waals surface area contributed by atoms with Crippen LogP contribution in [0.15, 0.2) is 29.2 Å².